The van der Waals surface area contributed by atoms with E-state index >= 15 is 0 Å². The number of hydrogen-bond acceptors (Lipinski definition) is 6. The molecule has 0 bridgehead atoms. The molecule has 1 aliphatic heterocycles. The van der Waals surface area contributed by atoms with E-state index in [-0.39, 0.29) is 23.0 Å². The highest BCUT2D eigenvalue weighted by molar-refractivity contribution is 5.82. The summed E-state index contributed by atoms with van der Waals surface area (Å²) in [5.74, 6) is -1.93. The number of hydrogen-bond donors (Lipinski definition) is 2. The fraction of sp³-hybridized carbons (Fsp3) is 0.259. The Balaban J connectivity index is 1.86. The second kappa shape index (κ2) is 7.92. The van der Waals surface area contributed by atoms with Crippen LogP contribution in [0.15, 0.2) is 66.9 Å². The third kappa shape index (κ3) is 2.91. The summed E-state index contributed by atoms with van der Waals surface area (Å²) in [5, 5.41) is 33.5. The molecule has 2 aromatic carbocycles. The van der Waals surface area contributed by atoms with Gasteiger partial charge in [0.05, 0.1) is 23.1 Å². The molecule has 0 unspecified atom stereocenters. The predicted octanol–water partition coefficient (Wildman–Crippen LogP) is 2.84. The molecule has 2 aliphatic rings. The van der Waals surface area contributed by atoms with Gasteiger partial charge in [0.25, 0.3) is 5.82 Å². The zero-order valence-corrected chi connectivity index (χ0v) is 19.1. The molecule has 8 heteroatoms. The lowest BCUT2D eigenvalue weighted by molar-refractivity contribution is -0.156. The maximum atomic E-state index is 13.5. The van der Waals surface area contributed by atoms with Crippen molar-refractivity contribution in [2.75, 3.05) is 14.1 Å². The highest BCUT2D eigenvalue weighted by Crippen LogP contribution is 2.68. The van der Waals surface area contributed by atoms with Crippen LogP contribution in [0, 0.1) is 23.8 Å². The van der Waals surface area contributed by atoms with Crippen LogP contribution in [0.25, 0.3) is 4.85 Å². The summed E-state index contributed by atoms with van der Waals surface area (Å²) in [7, 11) is 3.20. The number of amides is 1. The minimum Gasteiger partial charge on any atom is -0.479 e. The first kappa shape index (κ1) is 22.5. The van der Waals surface area contributed by atoms with Crippen LogP contribution in [-0.4, -0.2) is 46.2 Å². The van der Waals surface area contributed by atoms with Gasteiger partial charge in [-0.3, -0.25) is 4.79 Å². The van der Waals surface area contributed by atoms with E-state index < -0.39 is 29.1 Å². The van der Waals surface area contributed by atoms with Gasteiger partial charge in [-0.05, 0) is 23.3 Å². The second-order valence-electron chi connectivity index (χ2n) is 9.04. The average molecular weight is 466 g/mol. The number of ether oxygens (including phenoxy) is 1. The van der Waals surface area contributed by atoms with Crippen molar-refractivity contribution in [3.05, 3.63) is 101 Å². The lowest BCUT2D eigenvalue weighted by Crippen LogP contribution is -2.52. The van der Waals surface area contributed by atoms with Crippen molar-refractivity contribution < 1.29 is 19.7 Å². The number of fused-ring (bicyclic) bond motifs is 3. The number of nitriles is 1. The van der Waals surface area contributed by atoms with Crippen LogP contribution in [0.1, 0.15) is 28.2 Å². The molecule has 0 saturated heterocycles. The van der Waals surface area contributed by atoms with Gasteiger partial charge in [-0.25, -0.2) is 0 Å². The van der Waals surface area contributed by atoms with E-state index in [0.717, 1.165) is 0 Å². The molecule has 1 amide bonds. The number of aliphatic hydroxyl groups is 2. The van der Waals surface area contributed by atoms with Crippen LogP contribution >= 0.6 is 0 Å². The van der Waals surface area contributed by atoms with Gasteiger partial charge in [-0.2, -0.15) is 5.26 Å². The first-order chi connectivity index (χ1) is 16.8. The van der Waals surface area contributed by atoms with E-state index in [0.29, 0.717) is 16.7 Å². The Labute approximate surface area is 202 Å². The molecular formula is C27H22N4O4. The summed E-state index contributed by atoms with van der Waals surface area (Å²) in [6.45, 7) is 7.34. The number of rotatable bonds is 3. The van der Waals surface area contributed by atoms with Crippen molar-refractivity contribution in [2.24, 2.45) is 5.92 Å². The highest BCUT2D eigenvalue weighted by Gasteiger charge is 2.77. The molecular weight excluding hydrogens is 444 g/mol. The van der Waals surface area contributed by atoms with Crippen molar-refractivity contribution in [1.29, 1.82) is 5.26 Å². The Kier molecular flexibility index (Phi) is 5.10. The molecule has 1 saturated carbocycles. The predicted molar refractivity (Wildman–Crippen MR) is 125 cm³/mol. The second-order valence-corrected chi connectivity index (χ2v) is 9.04. The molecule has 0 radical (unpaired) electrons. The minimum absolute atomic E-state index is 0.0778. The van der Waals surface area contributed by atoms with E-state index in [1.165, 1.54) is 17.2 Å². The Morgan fingerprint density at radius 3 is 2.49 bits per heavy atom. The topological polar surface area (TPSA) is 111 Å². The first-order valence-corrected chi connectivity index (χ1v) is 11.0. The standard InChI is InChI=1S/C27H22N4O4/c1-29-21-13-20-19(15-30-21)26(34)24(32)22(25(33)31(2)3)23(17-7-5-4-6-8-17)27(26,35-20)18-11-9-16(14-28)10-12-18/h4-13,15,22-24,32,34H,2-3H3/t22-,23-,24-,26+,27+/m1/s1. The molecule has 1 aliphatic carbocycles. The zero-order valence-electron chi connectivity index (χ0n) is 19.1. The number of carbonyl (C=O) groups excluding carboxylic acids is 1. The number of pyridine rings is 1. The lowest BCUT2D eigenvalue weighted by Gasteiger charge is -2.40. The van der Waals surface area contributed by atoms with Crippen molar-refractivity contribution >= 4 is 11.7 Å². The molecule has 8 nitrogen and oxygen atoms in total. The molecule has 174 valence electrons. The average Bonchev–Trinajstić information content (AvgIpc) is 3.26. The molecule has 5 atom stereocenters. The number of carbonyl (C=O) groups is 1. The zero-order chi connectivity index (χ0) is 25.0. The van der Waals surface area contributed by atoms with Crippen molar-refractivity contribution in [1.82, 2.24) is 9.88 Å². The van der Waals surface area contributed by atoms with Crippen molar-refractivity contribution in [3.63, 3.8) is 0 Å². The Bertz CT molecular complexity index is 1390. The van der Waals surface area contributed by atoms with Gasteiger partial charge in [0.1, 0.15) is 18.1 Å². The van der Waals surface area contributed by atoms with Crippen molar-refractivity contribution in [2.45, 2.75) is 23.2 Å². The van der Waals surface area contributed by atoms with Gasteiger partial charge in [0.2, 0.25) is 5.91 Å². The SMILES string of the molecule is [C-]#[N+]c1cc2c(cn1)[C@]1(O)[C@H](O)[C@H](C(=O)N(C)C)[C@@H](c3ccccc3)[C@]1(c1ccc(C#N)cc1)O2. The first-order valence-electron chi connectivity index (χ1n) is 11.0. The summed E-state index contributed by atoms with van der Waals surface area (Å²) in [4.78, 5) is 22.4. The summed E-state index contributed by atoms with van der Waals surface area (Å²) in [6, 6.07) is 19.2. The maximum Gasteiger partial charge on any atom is 0.273 e. The Morgan fingerprint density at radius 2 is 1.89 bits per heavy atom. The lowest BCUT2D eigenvalue weighted by atomic mass is 9.70. The molecule has 35 heavy (non-hydrogen) atoms. The van der Waals surface area contributed by atoms with E-state index in [2.05, 4.69) is 15.9 Å². The number of benzene rings is 2. The van der Waals surface area contributed by atoms with Crippen LogP contribution < -0.4 is 4.74 Å². The quantitative estimate of drug-likeness (QED) is 0.575. The van der Waals surface area contributed by atoms with Gasteiger partial charge in [0, 0.05) is 26.1 Å². The monoisotopic (exact) mass is 466 g/mol. The van der Waals surface area contributed by atoms with Gasteiger partial charge in [0.15, 0.2) is 11.2 Å². The summed E-state index contributed by atoms with van der Waals surface area (Å²) < 4.78 is 6.57. The van der Waals surface area contributed by atoms with Gasteiger partial charge < -0.3 is 24.7 Å². The van der Waals surface area contributed by atoms with E-state index in [1.807, 2.05) is 30.3 Å². The molecule has 2 heterocycles. The molecule has 1 fully saturated rings. The normalized spacial score (nSPS) is 28.2. The summed E-state index contributed by atoms with van der Waals surface area (Å²) in [6.07, 6.45) is -0.220. The maximum absolute atomic E-state index is 13.5. The van der Waals surface area contributed by atoms with Gasteiger partial charge in [-0.15, -0.1) is 4.98 Å². The van der Waals surface area contributed by atoms with Crippen LogP contribution in [0.2, 0.25) is 0 Å². The molecule has 2 N–H and O–H groups in total. The Hall–Kier alpha value is -4.24. The summed E-state index contributed by atoms with van der Waals surface area (Å²) in [5.41, 5.74) is -1.91. The molecule has 1 aromatic heterocycles. The highest BCUT2D eigenvalue weighted by atomic mass is 16.5. The van der Waals surface area contributed by atoms with Crippen LogP contribution in [0.5, 0.6) is 5.75 Å². The summed E-state index contributed by atoms with van der Waals surface area (Å²) >= 11 is 0. The molecule has 3 aromatic rings. The minimum atomic E-state index is -2.07. The fourth-order valence-electron chi connectivity index (χ4n) is 5.61. The third-order valence-corrected chi connectivity index (χ3v) is 7.11. The number of aliphatic hydroxyl groups excluding tert-OH is 1. The van der Waals surface area contributed by atoms with E-state index in [9.17, 15) is 20.3 Å². The number of aromatic nitrogens is 1. The van der Waals surface area contributed by atoms with Crippen molar-refractivity contribution in [3.8, 4) is 11.8 Å². The van der Waals surface area contributed by atoms with Gasteiger partial charge >= 0.3 is 0 Å². The smallest absolute Gasteiger partial charge is 0.273 e. The van der Waals surface area contributed by atoms with E-state index in [4.69, 9.17) is 11.3 Å². The van der Waals surface area contributed by atoms with E-state index in [1.54, 1.807) is 38.4 Å². The Morgan fingerprint density at radius 1 is 1.20 bits per heavy atom. The molecule has 0 spiro atoms. The fourth-order valence-corrected chi connectivity index (χ4v) is 5.61. The third-order valence-electron chi connectivity index (χ3n) is 7.11. The largest absolute Gasteiger partial charge is 0.479 e. The van der Waals surface area contributed by atoms with Crippen LogP contribution in [-0.2, 0) is 16.0 Å². The van der Waals surface area contributed by atoms with Crippen LogP contribution in [0.3, 0.4) is 0 Å². The van der Waals surface area contributed by atoms with Gasteiger partial charge in [-0.1, -0.05) is 49.0 Å². The number of nitrogens with zero attached hydrogens (tertiary/aromatic N) is 4. The van der Waals surface area contributed by atoms with Crippen LogP contribution in [0.4, 0.5) is 5.82 Å². The molecule has 5 rings (SSSR count).